The predicted octanol–water partition coefficient (Wildman–Crippen LogP) is 1.07. The Labute approximate surface area is 109 Å². The minimum atomic E-state index is -0.983. The number of aromatic nitrogens is 6. The van der Waals surface area contributed by atoms with Gasteiger partial charge in [0, 0.05) is 6.20 Å². The van der Waals surface area contributed by atoms with Gasteiger partial charge in [0.2, 0.25) is 0 Å². The van der Waals surface area contributed by atoms with E-state index in [4.69, 9.17) is 0 Å². The predicted molar refractivity (Wildman–Crippen MR) is 68.8 cm³/mol. The molecule has 0 bridgehead atoms. The van der Waals surface area contributed by atoms with Crippen LogP contribution in [0.1, 0.15) is 25.4 Å². The Morgan fingerprint density at radius 1 is 1.32 bits per heavy atom. The van der Waals surface area contributed by atoms with E-state index in [9.17, 15) is 5.11 Å². The van der Waals surface area contributed by atoms with Crippen molar-refractivity contribution in [2.45, 2.75) is 26.4 Å². The van der Waals surface area contributed by atoms with Gasteiger partial charge in [-0.1, -0.05) is 0 Å². The highest BCUT2D eigenvalue weighted by Gasteiger charge is 2.20. The highest BCUT2D eigenvalue weighted by atomic mass is 16.3. The number of aromatic amines is 1. The summed E-state index contributed by atoms with van der Waals surface area (Å²) in [5.41, 5.74) is 0.270. The first kappa shape index (κ1) is 11.8. The van der Waals surface area contributed by atoms with Crippen LogP contribution in [0.2, 0.25) is 0 Å². The zero-order valence-corrected chi connectivity index (χ0v) is 10.9. The van der Waals surface area contributed by atoms with Crippen molar-refractivity contribution in [2.75, 3.05) is 0 Å². The van der Waals surface area contributed by atoms with Crippen molar-refractivity contribution in [3.8, 4) is 5.82 Å². The molecule has 98 valence electrons. The molecule has 19 heavy (non-hydrogen) atoms. The number of H-pyrrole nitrogens is 1. The van der Waals surface area contributed by atoms with E-state index in [0.29, 0.717) is 23.0 Å². The second-order valence-corrected chi connectivity index (χ2v) is 4.93. The SMILES string of the molecule is Cc1nc(-n2ccc(C(C)(C)O)n2)c2cn[nH]c2n1. The van der Waals surface area contributed by atoms with Gasteiger partial charge in [-0.05, 0) is 26.8 Å². The summed E-state index contributed by atoms with van der Waals surface area (Å²) in [4.78, 5) is 8.64. The second kappa shape index (κ2) is 3.86. The first-order valence-electron chi connectivity index (χ1n) is 5.92. The molecule has 3 aromatic heterocycles. The van der Waals surface area contributed by atoms with E-state index in [-0.39, 0.29) is 0 Å². The molecule has 0 aliphatic carbocycles. The third-order valence-electron chi connectivity index (χ3n) is 2.83. The molecule has 0 saturated carbocycles. The topological polar surface area (TPSA) is 92.5 Å². The van der Waals surface area contributed by atoms with Crippen LogP contribution in [0.15, 0.2) is 18.5 Å². The maximum Gasteiger partial charge on any atom is 0.168 e. The van der Waals surface area contributed by atoms with E-state index < -0.39 is 5.60 Å². The zero-order valence-electron chi connectivity index (χ0n) is 10.9. The lowest BCUT2D eigenvalue weighted by Crippen LogP contribution is -2.16. The molecular formula is C12H14N6O. The summed E-state index contributed by atoms with van der Waals surface area (Å²) in [5, 5.41) is 21.9. The van der Waals surface area contributed by atoms with E-state index in [0.717, 1.165) is 5.39 Å². The van der Waals surface area contributed by atoms with Crippen molar-refractivity contribution in [1.82, 2.24) is 29.9 Å². The number of nitrogens with one attached hydrogen (secondary N) is 1. The molecule has 0 saturated heterocycles. The summed E-state index contributed by atoms with van der Waals surface area (Å²) in [6.07, 6.45) is 3.43. The van der Waals surface area contributed by atoms with Gasteiger partial charge in [-0.3, -0.25) is 5.10 Å². The molecule has 0 amide bonds. The van der Waals surface area contributed by atoms with Gasteiger partial charge in [0.15, 0.2) is 11.5 Å². The second-order valence-electron chi connectivity index (χ2n) is 4.93. The van der Waals surface area contributed by atoms with Crippen molar-refractivity contribution in [1.29, 1.82) is 0 Å². The van der Waals surface area contributed by atoms with E-state index in [1.54, 1.807) is 37.0 Å². The van der Waals surface area contributed by atoms with Crippen molar-refractivity contribution >= 4 is 11.0 Å². The molecule has 3 heterocycles. The van der Waals surface area contributed by atoms with Crippen LogP contribution in [-0.2, 0) is 5.60 Å². The van der Waals surface area contributed by atoms with Gasteiger partial charge in [0.05, 0.1) is 17.3 Å². The lowest BCUT2D eigenvalue weighted by atomic mass is 10.1. The molecule has 0 aliphatic rings. The number of hydrogen-bond donors (Lipinski definition) is 2. The summed E-state index contributed by atoms with van der Waals surface area (Å²) in [5.74, 6) is 1.28. The van der Waals surface area contributed by atoms with Crippen molar-refractivity contribution in [3.05, 3.63) is 30.0 Å². The molecule has 0 spiro atoms. The van der Waals surface area contributed by atoms with Crippen molar-refractivity contribution in [3.63, 3.8) is 0 Å². The highest BCUT2D eigenvalue weighted by Crippen LogP contribution is 2.21. The average molecular weight is 258 g/mol. The van der Waals surface area contributed by atoms with E-state index in [2.05, 4.69) is 25.3 Å². The fraction of sp³-hybridized carbons (Fsp3) is 0.333. The molecule has 7 heteroatoms. The minimum absolute atomic E-state index is 0.584. The van der Waals surface area contributed by atoms with Crippen LogP contribution in [0.3, 0.4) is 0 Å². The van der Waals surface area contributed by atoms with Crippen LogP contribution < -0.4 is 0 Å². The number of hydrogen-bond acceptors (Lipinski definition) is 5. The van der Waals surface area contributed by atoms with Gasteiger partial charge in [0.25, 0.3) is 0 Å². The van der Waals surface area contributed by atoms with Crippen LogP contribution in [0, 0.1) is 6.92 Å². The fourth-order valence-corrected chi connectivity index (χ4v) is 1.87. The molecule has 0 aromatic carbocycles. The largest absolute Gasteiger partial charge is 0.384 e. The van der Waals surface area contributed by atoms with Crippen LogP contribution in [0.25, 0.3) is 16.9 Å². The number of aryl methyl sites for hydroxylation is 1. The third-order valence-corrected chi connectivity index (χ3v) is 2.83. The summed E-state index contributed by atoms with van der Waals surface area (Å²) in [6, 6.07) is 1.77. The molecule has 0 atom stereocenters. The Morgan fingerprint density at radius 3 is 2.79 bits per heavy atom. The zero-order chi connectivity index (χ0) is 13.6. The maximum atomic E-state index is 9.95. The molecule has 3 aromatic rings. The van der Waals surface area contributed by atoms with Gasteiger partial charge in [-0.2, -0.15) is 10.2 Å². The highest BCUT2D eigenvalue weighted by molar-refractivity contribution is 5.81. The smallest absolute Gasteiger partial charge is 0.168 e. The van der Waals surface area contributed by atoms with Crippen LogP contribution in [0.4, 0.5) is 0 Å². The lowest BCUT2D eigenvalue weighted by Gasteiger charge is -2.13. The third kappa shape index (κ3) is 1.97. The molecule has 0 unspecified atom stereocenters. The van der Waals surface area contributed by atoms with E-state index in [1.165, 1.54) is 0 Å². The van der Waals surface area contributed by atoms with Gasteiger partial charge in [-0.25, -0.2) is 14.6 Å². The number of rotatable bonds is 2. The Bertz CT molecular complexity index is 736. The van der Waals surface area contributed by atoms with Gasteiger partial charge >= 0.3 is 0 Å². The molecule has 7 nitrogen and oxygen atoms in total. The molecule has 0 fully saturated rings. The fourth-order valence-electron chi connectivity index (χ4n) is 1.87. The van der Waals surface area contributed by atoms with Crippen LogP contribution in [0.5, 0.6) is 0 Å². The number of aliphatic hydroxyl groups is 1. The molecular weight excluding hydrogens is 244 g/mol. The normalized spacial score (nSPS) is 12.2. The monoisotopic (exact) mass is 258 g/mol. The molecule has 2 N–H and O–H groups in total. The van der Waals surface area contributed by atoms with E-state index in [1.807, 2.05) is 6.92 Å². The summed E-state index contributed by atoms with van der Waals surface area (Å²) in [6.45, 7) is 5.20. The Kier molecular flexibility index (Phi) is 2.39. The number of fused-ring (bicyclic) bond motifs is 1. The van der Waals surface area contributed by atoms with Gasteiger partial charge in [0.1, 0.15) is 11.4 Å². The summed E-state index contributed by atoms with van der Waals surface area (Å²) < 4.78 is 1.62. The van der Waals surface area contributed by atoms with Gasteiger partial charge < -0.3 is 5.11 Å². The van der Waals surface area contributed by atoms with Crippen molar-refractivity contribution < 1.29 is 5.11 Å². The van der Waals surface area contributed by atoms with Crippen molar-refractivity contribution in [2.24, 2.45) is 0 Å². The summed E-state index contributed by atoms with van der Waals surface area (Å²) >= 11 is 0. The Balaban J connectivity index is 2.19. The Hall–Kier alpha value is -2.28. The molecule has 0 radical (unpaired) electrons. The lowest BCUT2D eigenvalue weighted by molar-refractivity contribution is 0.0734. The van der Waals surface area contributed by atoms with E-state index >= 15 is 0 Å². The molecule has 0 aliphatic heterocycles. The standard InChI is InChI=1S/C12H14N6O/c1-7-14-10-8(6-13-16-10)11(15-7)18-5-4-9(17-18)12(2,3)19/h4-6,19H,1-3H3,(H,13,14,15,16). The quantitative estimate of drug-likeness (QED) is 0.717. The van der Waals surface area contributed by atoms with Gasteiger partial charge in [-0.15, -0.1) is 0 Å². The number of nitrogens with zero attached hydrogens (tertiary/aromatic N) is 5. The molecule has 3 rings (SSSR count). The Morgan fingerprint density at radius 2 is 2.11 bits per heavy atom. The first-order valence-corrected chi connectivity index (χ1v) is 5.92. The minimum Gasteiger partial charge on any atom is -0.384 e. The first-order chi connectivity index (χ1) is 8.95. The summed E-state index contributed by atoms with van der Waals surface area (Å²) in [7, 11) is 0. The van der Waals surface area contributed by atoms with Crippen LogP contribution >= 0.6 is 0 Å². The van der Waals surface area contributed by atoms with Crippen LogP contribution in [-0.4, -0.2) is 35.1 Å². The average Bonchev–Trinajstić information content (AvgIpc) is 2.94. The maximum absolute atomic E-state index is 9.95.